The van der Waals surface area contributed by atoms with Crippen molar-refractivity contribution in [1.82, 2.24) is 10.2 Å². The fourth-order valence-electron chi connectivity index (χ4n) is 1.11. The van der Waals surface area contributed by atoms with Crippen molar-refractivity contribution in [2.45, 2.75) is 0 Å². The van der Waals surface area contributed by atoms with E-state index >= 15 is 0 Å². The number of rotatable bonds is 2. The number of benzene rings is 1. The molecular weight excluding hydrogens is 265 g/mol. The van der Waals surface area contributed by atoms with E-state index < -0.39 is 0 Å². The smallest absolute Gasteiger partial charge is 0.235 e. The van der Waals surface area contributed by atoms with Crippen LogP contribution < -0.4 is 11.5 Å². The standard InChI is InChI=1S/C9H8FN5S.ClH/c10-6-3-1-2-5(4-6)7-14-15-9(16-7)13-8(11)12;/h1-4H,(H4,11,12,13,15);1H. The minimum absolute atomic E-state index is 0. The van der Waals surface area contributed by atoms with Crippen molar-refractivity contribution in [1.29, 1.82) is 0 Å². The van der Waals surface area contributed by atoms with Crippen LogP contribution in [-0.2, 0) is 0 Å². The lowest BCUT2D eigenvalue weighted by molar-refractivity contribution is 0.628. The fraction of sp³-hybridized carbons (Fsp3) is 0. The fourth-order valence-corrected chi connectivity index (χ4v) is 1.84. The lowest BCUT2D eigenvalue weighted by atomic mass is 10.2. The van der Waals surface area contributed by atoms with Crippen LogP contribution in [0.25, 0.3) is 10.6 Å². The second-order valence-corrected chi connectivity index (χ2v) is 3.89. The van der Waals surface area contributed by atoms with Crippen molar-refractivity contribution in [3.63, 3.8) is 0 Å². The Hall–Kier alpha value is -1.73. The Kier molecular flexibility index (Phi) is 4.36. The summed E-state index contributed by atoms with van der Waals surface area (Å²) in [7, 11) is 0. The summed E-state index contributed by atoms with van der Waals surface area (Å²) >= 11 is 1.19. The molecule has 0 saturated carbocycles. The van der Waals surface area contributed by atoms with Gasteiger partial charge in [0.15, 0.2) is 5.96 Å². The van der Waals surface area contributed by atoms with Gasteiger partial charge in [0, 0.05) is 5.56 Å². The summed E-state index contributed by atoms with van der Waals surface area (Å²) in [6, 6.07) is 6.08. The Labute approximate surface area is 107 Å². The van der Waals surface area contributed by atoms with Gasteiger partial charge in [0.1, 0.15) is 10.8 Å². The lowest BCUT2D eigenvalue weighted by Crippen LogP contribution is -2.21. The van der Waals surface area contributed by atoms with Gasteiger partial charge in [-0.1, -0.05) is 23.5 Å². The summed E-state index contributed by atoms with van der Waals surface area (Å²) in [5.41, 5.74) is 11.1. The molecule has 1 heterocycles. The van der Waals surface area contributed by atoms with Crippen LogP contribution in [0.2, 0.25) is 0 Å². The third-order valence-corrected chi connectivity index (χ3v) is 2.58. The lowest BCUT2D eigenvalue weighted by Gasteiger charge is -1.93. The van der Waals surface area contributed by atoms with Gasteiger partial charge in [-0.05, 0) is 12.1 Å². The molecule has 90 valence electrons. The van der Waals surface area contributed by atoms with Gasteiger partial charge in [-0.25, -0.2) is 4.39 Å². The summed E-state index contributed by atoms with van der Waals surface area (Å²) in [4.78, 5) is 3.75. The summed E-state index contributed by atoms with van der Waals surface area (Å²) in [5, 5.41) is 8.54. The molecule has 1 aromatic heterocycles. The average molecular weight is 274 g/mol. The summed E-state index contributed by atoms with van der Waals surface area (Å²) in [6.07, 6.45) is 0. The van der Waals surface area contributed by atoms with Crippen LogP contribution in [-0.4, -0.2) is 16.2 Å². The van der Waals surface area contributed by atoms with E-state index in [2.05, 4.69) is 15.2 Å². The van der Waals surface area contributed by atoms with E-state index in [0.717, 1.165) is 0 Å². The van der Waals surface area contributed by atoms with Crippen molar-refractivity contribution < 1.29 is 4.39 Å². The van der Waals surface area contributed by atoms with Crippen LogP contribution in [0.5, 0.6) is 0 Å². The van der Waals surface area contributed by atoms with Crippen molar-refractivity contribution in [2.75, 3.05) is 0 Å². The normalized spacial score (nSPS) is 9.47. The van der Waals surface area contributed by atoms with E-state index in [1.165, 1.54) is 23.5 Å². The molecule has 0 bridgehead atoms. The number of nitrogens with zero attached hydrogens (tertiary/aromatic N) is 3. The average Bonchev–Trinajstić information content (AvgIpc) is 2.65. The van der Waals surface area contributed by atoms with Gasteiger partial charge in [0.25, 0.3) is 0 Å². The Bertz CT molecular complexity index is 538. The molecule has 8 heteroatoms. The molecule has 0 aliphatic carbocycles. The zero-order valence-electron chi connectivity index (χ0n) is 8.50. The predicted octanol–water partition coefficient (Wildman–Crippen LogP) is 1.67. The molecule has 0 saturated heterocycles. The van der Waals surface area contributed by atoms with Crippen LogP contribution in [0.4, 0.5) is 9.52 Å². The Morgan fingerprint density at radius 1 is 1.29 bits per heavy atom. The van der Waals surface area contributed by atoms with E-state index in [4.69, 9.17) is 11.5 Å². The highest BCUT2D eigenvalue weighted by Crippen LogP contribution is 2.27. The Balaban J connectivity index is 0.00000144. The molecule has 5 nitrogen and oxygen atoms in total. The highest BCUT2D eigenvalue weighted by Gasteiger charge is 2.06. The van der Waals surface area contributed by atoms with Crippen molar-refractivity contribution in [3.05, 3.63) is 30.1 Å². The van der Waals surface area contributed by atoms with E-state index in [1.807, 2.05) is 0 Å². The van der Waals surface area contributed by atoms with Crippen LogP contribution in [0.1, 0.15) is 0 Å². The maximum absolute atomic E-state index is 13.0. The Morgan fingerprint density at radius 3 is 2.71 bits per heavy atom. The van der Waals surface area contributed by atoms with E-state index in [9.17, 15) is 4.39 Å². The van der Waals surface area contributed by atoms with Crippen molar-refractivity contribution in [2.24, 2.45) is 16.5 Å². The molecular formula is C9H9ClFN5S. The first-order valence-corrected chi connectivity index (χ1v) is 5.16. The molecule has 2 rings (SSSR count). The number of hydrogen-bond acceptors (Lipinski definition) is 4. The van der Waals surface area contributed by atoms with Gasteiger partial charge in [-0.3, -0.25) is 0 Å². The van der Waals surface area contributed by atoms with Gasteiger partial charge < -0.3 is 11.5 Å². The number of nitrogens with two attached hydrogens (primary N) is 2. The van der Waals surface area contributed by atoms with Crippen LogP contribution in [0.3, 0.4) is 0 Å². The first-order chi connectivity index (χ1) is 7.65. The molecule has 4 N–H and O–H groups in total. The van der Waals surface area contributed by atoms with Crippen LogP contribution in [0.15, 0.2) is 29.3 Å². The largest absolute Gasteiger partial charge is 0.370 e. The number of halogens is 2. The molecule has 1 aromatic carbocycles. The molecule has 17 heavy (non-hydrogen) atoms. The number of guanidine groups is 1. The van der Waals surface area contributed by atoms with E-state index in [-0.39, 0.29) is 24.2 Å². The number of aromatic nitrogens is 2. The van der Waals surface area contributed by atoms with Gasteiger partial charge in [0.05, 0.1) is 0 Å². The molecule has 0 atom stereocenters. The topological polar surface area (TPSA) is 90.2 Å². The summed E-state index contributed by atoms with van der Waals surface area (Å²) in [5.74, 6) is -0.405. The molecule has 0 aliphatic heterocycles. The van der Waals surface area contributed by atoms with Gasteiger partial charge in [-0.2, -0.15) is 4.99 Å². The minimum Gasteiger partial charge on any atom is -0.370 e. The molecule has 0 unspecified atom stereocenters. The molecule has 0 aliphatic rings. The Morgan fingerprint density at radius 2 is 2.06 bits per heavy atom. The van der Waals surface area contributed by atoms with Crippen molar-refractivity contribution in [3.8, 4) is 10.6 Å². The maximum Gasteiger partial charge on any atom is 0.235 e. The van der Waals surface area contributed by atoms with E-state index in [1.54, 1.807) is 12.1 Å². The van der Waals surface area contributed by atoms with Crippen LogP contribution in [0, 0.1) is 5.82 Å². The first kappa shape index (κ1) is 13.3. The molecule has 0 amide bonds. The number of hydrogen-bond donors (Lipinski definition) is 2. The molecule has 0 radical (unpaired) electrons. The monoisotopic (exact) mass is 273 g/mol. The first-order valence-electron chi connectivity index (χ1n) is 4.34. The highest BCUT2D eigenvalue weighted by atomic mass is 35.5. The molecule has 0 fully saturated rings. The number of aliphatic imine (C=N–C) groups is 1. The second kappa shape index (κ2) is 5.55. The SMILES string of the molecule is Cl.NC(N)=Nc1nnc(-c2cccc(F)c2)s1. The van der Waals surface area contributed by atoms with E-state index in [0.29, 0.717) is 15.7 Å². The predicted molar refractivity (Wildman–Crippen MR) is 68.0 cm³/mol. The van der Waals surface area contributed by atoms with Gasteiger partial charge in [0.2, 0.25) is 5.13 Å². The zero-order valence-corrected chi connectivity index (χ0v) is 10.1. The minimum atomic E-state index is -0.323. The highest BCUT2D eigenvalue weighted by molar-refractivity contribution is 7.18. The molecule has 0 spiro atoms. The summed E-state index contributed by atoms with van der Waals surface area (Å²) in [6.45, 7) is 0. The third kappa shape index (κ3) is 3.36. The molecule has 2 aromatic rings. The zero-order chi connectivity index (χ0) is 11.5. The van der Waals surface area contributed by atoms with Crippen molar-refractivity contribution >= 4 is 34.8 Å². The van der Waals surface area contributed by atoms with Gasteiger partial charge >= 0.3 is 0 Å². The second-order valence-electron chi connectivity index (χ2n) is 2.94. The quantitative estimate of drug-likeness (QED) is 0.643. The van der Waals surface area contributed by atoms with Crippen LogP contribution >= 0.6 is 23.7 Å². The van der Waals surface area contributed by atoms with Gasteiger partial charge in [-0.15, -0.1) is 22.6 Å². The summed E-state index contributed by atoms with van der Waals surface area (Å²) < 4.78 is 13.0. The maximum atomic E-state index is 13.0. The third-order valence-electron chi connectivity index (χ3n) is 1.71.